The molecule has 7 nitrogen and oxygen atoms in total. The summed E-state index contributed by atoms with van der Waals surface area (Å²) < 4.78 is 30.9. The number of hydrogen-bond donors (Lipinski definition) is 1. The molecule has 0 aliphatic heterocycles. The molecule has 0 unspecified atom stereocenters. The van der Waals surface area contributed by atoms with Gasteiger partial charge in [-0.05, 0) is 30.2 Å². The zero-order valence-electron chi connectivity index (χ0n) is 14.1. The Kier molecular flexibility index (Phi) is 5.26. The van der Waals surface area contributed by atoms with Crippen LogP contribution < -0.4 is 5.32 Å². The summed E-state index contributed by atoms with van der Waals surface area (Å²) in [4.78, 5) is 4.34. The molecule has 128 valence electrons. The van der Waals surface area contributed by atoms with Crippen LogP contribution in [0.3, 0.4) is 0 Å². The van der Waals surface area contributed by atoms with E-state index in [9.17, 15) is 8.42 Å². The SMILES string of the molecule is CC(C)CNc1oc(-c2ccc(S(=O)(=O)N(C)C)cc2)nc1C#N. The van der Waals surface area contributed by atoms with Gasteiger partial charge in [0.2, 0.25) is 27.5 Å². The lowest BCUT2D eigenvalue weighted by atomic mass is 10.2. The number of oxazole rings is 1. The molecule has 0 saturated carbocycles. The van der Waals surface area contributed by atoms with Crippen LogP contribution in [-0.4, -0.2) is 38.3 Å². The summed E-state index contributed by atoms with van der Waals surface area (Å²) in [6.07, 6.45) is 0. The first-order valence-corrected chi connectivity index (χ1v) is 8.87. The number of nitriles is 1. The largest absolute Gasteiger partial charge is 0.419 e. The topological polar surface area (TPSA) is 99.2 Å². The molecular weight excluding hydrogens is 328 g/mol. The van der Waals surface area contributed by atoms with E-state index in [2.05, 4.69) is 10.3 Å². The molecule has 1 heterocycles. The molecule has 0 aliphatic carbocycles. The average Bonchev–Trinajstić information content (AvgIpc) is 2.96. The van der Waals surface area contributed by atoms with Crippen molar-refractivity contribution >= 4 is 15.9 Å². The van der Waals surface area contributed by atoms with Crippen molar-refractivity contribution < 1.29 is 12.8 Å². The second-order valence-electron chi connectivity index (χ2n) is 5.90. The molecule has 0 amide bonds. The van der Waals surface area contributed by atoms with E-state index in [0.717, 1.165) is 4.31 Å². The van der Waals surface area contributed by atoms with Crippen LogP contribution in [0.1, 0.15) is 19.5 Å². The van der Waals surface area contributed by atoms with Gasteiger partial charge in [-0.25, -0.2) is 12.7 Å². The number of hydrogen-bond acceptors (Lipinski definition) is 6. The maximum atomic E-state index is 12.1. The Morgan fingerprint density at radius 1 is 1.29 bits per heavy atom. The Balaban J connectivity index is 2.31. The molecular formula is C16H20N4O3S. The van der Waals surface area contributed by atoms with Crippen LogP contribution >= 0.6 is 0 Å². The number of anilines is 1. The van der Waals surface area contributed by atoms with Crippen molar-refractivity contribution in [2.24, 2.45) is 5.92 Å². The molecule has 24 heavy (non-hydrogen) atoms. The Hall–Kier alpha value is -2.37. The molecule has 0 saturated heterocycles. The van der Waals surface area contributed by atoms with Crippen molar-refractivity contribution in [1.29, 1.82) is 5.26 Å². The van der Waals surface area contributed by atoms with Crippen LogP contribution in [0.2, 0.25) is 0 Å². The molecule has 0 bridgehead atoms. The normalized spacial score (nSPS) is 11.7. The van der Waals surface area contributed by atoms with Crippen LogP contribution in [-0.2, 0) is 10.0 Å². The molecule has 0 radical (unpaired) electrons. The van der Waals surface area contributed by atoms with E-state index in [1.165, 1.54) is 26.2 Å². The van der Waals surface area contributed by atoms with Crippen molar-refractivity contribution in [3.05, 3.63) is 30.0 Å². The Morgan fingerprint density at radius 2 is 1.92 bits per heavy atom. The molecule has 0 fully saturated rings. The third-order valence-corrected chi connectivity index (χ3v) is 5.11. The van der Waals surface area contributed by atoms with Gasteiger partial charge < -0.3 is 9.73 Å². The van der Waals surface area contributed by atoms with E-state index < -0.39 is 10.0 Å². The highest BCUT2D eigenvalue weighted by atomic mass is 32.2. The second kappa shape index (κ2) is 7.03. The molecule has 1 N–H and O–H groups in total. The minimum atomic E-state index is -3.48. The fraction of sp³-hybridized carbons (Fsp3) is 0.375. The van der Waals surface area contributed by atoms with Crippen LogP contribution in [0.5, 0.6) is 0 Å². The van der Waals surface area contributed by atoms with Crippen molar-refractivity contribution in [2.45, 2.75) is 18.7 Å². The highest BCUT2D eigenvalue weighted by Crippen LogP contribution is 2.26. The molecule has 0 atom stereocenters. The summed E-state index contributed by atoms with van der Waals surface area (Å²) in [5, 5.41) is 12.2. The van der Waals surface area contributed by atoms with Crippen molar-refractivity contribution in [3.8, 4) is 17.5 Å². The minimum Gasteiger partial charge on any atom is -0.419 e. The standard InChI is InChI=1S/C16H20N4O3S/c1-11(2)10-18-16-14(9-17)19-15(23-16)12-5-7-13(8-6-12)24(21,22)20(3)4/h5-8,11,18H,10H2,1-4H3. The molecule has 2 aromatic rings. The summed E-state index contributed by atoms with van der Waals surface area (Å²) in [5.41, 5.74) is 0.775. The fourth-order valence-electron chi connectivity index (χ4n) is 1.92. The maximum Gasteiger partial charge on any atom is 0.242 e. The minimum absolute atomic E-state index is 0.177. The number of benzene rings is 1. The first-order valence-electron chi connectivity index (χ1n) is 7.43. The van der Waals surface area contributed by atoms with Crippen molar-refractivity contribution in [1.82, 2.24) is 9.29 Å². The summed E-state index contributed by atoms with van der Waals surface area (Å²) in [6.45, 7) is 4.74. The number of nitrogens with one attached hydrogen (secondary N) is 1. The van der Waals surface area contributed by atoms with Gasteiger partial charge in [0.1, 0.15) is 6.07 Å². The summed E-state index contributed by atoms with van der Waals surface area (Å²) in [7, 11) is -0.533. The van der Waals surface area contributed by atoms with Crippen molar-refractivity contribution in [2.75, 3.05) is 26.0 Å². The molecule has 8 heteroatoms. The molecule has 0 spiro atoms. The zero-order valence-corrected chi connectivity index (χ0v) is 14.9. The maximum absolute atomic E-state index is 12.1. The first-order chi connectivity index (χ1) is 11.3. The van der Waals surface area contributed by atoms with E-state index in [1.54, 1.807) is 12.1 Å². The Morgan fingerprint density at radius 3 is 2.42 bits per heavy atom. The van der Waals surface area contributed by atoms with Crippen LogP contribution in [0.15, 0.2) is 33.6 Å². The third-order valence-electron chi connectivity index (χ3n) is 3.28. The van der Waals surface area contributed by atoms with Gasteiger partial charge in [0.05, 0.1) is 4.90 Å². The van der Waals surface area contributed by atoms with Gasteiger partial charge in [-0.3, -0.25) is 0 Å². The average molecular weight is 348 g/mol. The summed E-state index contributed by atoms with van der Waals surface area (Å²) >= 11 is 0. The van der Waals surface area contributed by atoms with Gasteiger partial charge in [0, 0.05) is 26.2 Å². The van der Waals surface area contributed by atoms with Crippen LogP contribution in [0.25, 0.3) is 11.5 Å². The lowest BCUT2D eigenvalue weighted by Crippen LogP contribution is -2.22. The number of aromatic nitrogens is 1. The lowest BCUT2D eigenvalue weighted by Gasteiger charge is -2.11. The first kappa shape index (κ1) is 18.0. The van der Waals surface area contributed by atoms with E-state index in [4.69, 9.17) is 9.68 Å². The summed E-state index contributed by atoms with van der Waals surface area (Å²) in [6, 6.07) is 8.18. The predicted octanol–water partition coefficient (Wildman–Crippen LogP) is 2.53. The Bertz CT molecular complexity index is 846. The smallest absolute Gasteiger partial charge is 0.242 e. The lowest BCUT2D eigenvalue weighted by molar-refractivity contribution is 0.520. The van der Waals surface area contributed by atoms with E-state index in [1.807, 2.05) is 19.9 Å². The fourth-order valence-corrected chi connectivity index (χ4v) is 2.82. The van der Waals surface area contributed by atoms with Gasteiger partial charge >= 0.3 is 0 Å². The number of rotatable bonds is 6. The van der Waals surface area contributed by atoms with Crippen LogP contribution in [0, 0.1) is 17.2 Å². The number of sulfonamides is 1. The van der Waals surface area contributed by atoms with Gasteiger partial charge in [-0.1, -0.05) is 13.8 Å². The van der Waals surface area contributed by atoms with Gasteiger partial charge in [-0.2, -0.15) is 10.2 Å². The van der Waals surface area contributed by atoms with E-state index in [0.29, 0.717) is 23.9 Å². The molecule has 1 aromatic carbocycles. The highest BCUT2D eigenvalue weighted by molar-refractivity contribution is 7.89. The van der Waals surface area contributed by atoms with E-state index >= 15 is 0 Å². The number of nitrogens with zero attached hydrogens (tertiary/aromatic N) is 3. The van der Waals surface area contributed by atoms with Crippen molar-refractivity contribution in [3.63, 3.8) is 0 Å². The second-order valence-corrected chi connectivity index (χ2v) is 8.05. The van der Waals surface area contributed by atoms with Crippen LogP contribution in [0.4, 0.5) is 5.88 Å². The summed E-state index contributed by atoms with van der Waals surface area (Å²) in [5.74, 6) is 0.985. The molecule has 1 aromatic heterocycles. The highest BCUT2D eigenvalue weighted by Gasteiger charge is 2.18. The predicted molar refractivity (Wildman–Crippen MR) is 90.9 cm³/mol. The third kappa shape index (κ3) is 3.75. The quantitative estimate of drug-likeness (QED) is 0.861. The van der Waals surface area contributed by atoms with Gasteiger partial charge in [0.25, 0.3) is 0 Å². The van der Waals surface area contributed by atoms with Gasteiger partial charge in [-0.15, -0.1) is 0 Å². The van der Waals surface area contributed by atoms with E-state index in [-0.39, 0.29) is 16.5 Å². The zero-order chi connectivity index (χ0) is 17.9. The molecule has 2 rings (SSSR count). The van der Waals surface area contributed by atoms with Gasteiger partial charge in [0.15, 0.2) is 0 Å². The Labute approximate surface area is 142 Å². The molecule has 0 aliphatic rings. The monoisotopic (exact) mass is 348 g/mol.